The van der Waals surface area contributed by atoms with E-state index in [2.05, 4.69) is 16.0 Å². The van der Waals surface area contributed by atoms with Crippen molar-refractivity contribution in [3.05, 3.63) is 23.3 Å². The van der Waals surface area contributed by atoms with Crippen molar-refractivity contribution in [3.8, 4) is 0 Å². The van der Waals surface area contributed by atoms with E-state index in [9.17, 15) is 9.59 Å². The Bertz CT molecular complexity index is 567. The molecule has 21 heavy (non-hydrogen) atoms. The van der Waals surface area contributed by atoms with Crippen molar-refractivity contribution in [1.29, 1.82) is 0 Å². The molecule has 1 aliphatic rings. The number of benzene rings is 1. The van der Waals surface area contributed by atoms with Crippen LogP contribution in [0.1, 0.15) is 31.4 Å². The van der Waals surface area contributed by atoms with E-state index in [0.717, 1.165) is 22.5 Å². The Morgan fingerprint density at radius 1 is 1.24 bits per heavy atom. The molecule has 1 aliphatic heterocycles. The van der Waals surface area contributed by atoms with Gasteiger partial charge in [0.05, 0.1) is 17.8 Å². The van der Waals surface area contributed by atoms with Crippen LogP contribution in [0.2, 0.25) is 0 Å². The molecule has 1 heterocycles. The van der Waals surface area contributed by atoms with Crippen LogP contribution in [0.3, 0.4) is 0 Å². The zero-order valence-electron chi connectivity index (χ0n) is 13.0. The minimum Gasteiger partial charge on any atom is -0.372 e. The lowest BCUT2D eigenvalue weighted by molar-refractivity contribution is -0.125. The molecule has 0 radical (unpaired) electrons. The summed E-state index contributed by atoms with van der Waals surface area (Å²) in [5.74, 6) is 0.127. The molecule has 2 amide bonds. The third-order valence-corrected chi connectivity index (χ3v) is 3.63. The first-order valence-corrected chi connectivity index (χ1v) is 7.32. The molecule has 1 aromatic carbocycles. The van der Waals surface area contributed by atoms with Gasteiger partial charge in [0.25, 0.3) is 0 Å². The molecule has 0 bridgehead atoms. The number of anilines is 2. The van der Waals surface area contributed by atoms with E-state index >= 15 is 0 Å². The molecule has 5 nitrogen and oxygen atoms in total. The number of hydrogen-bond acceptors (Lipinski definition) is 3. The summed E-state index contributed by atoms with van der Waals surface area (Å²) in [4.78, 5) is 23.9. The Hall–Kier alpha value is -2.04. The van der Waals surface area contributed by atoms with Crippen LogP contribution in [0.4, 0.5) is 11.4 Å². The second-order valence-corrected chi connectivity index (χ2v) is 6.07. The standard InChI is InChI=1S/C16H23N3O2/c1-9(2)8-17-15(20)7-14-16(21)19-13-6-11(4)10(3)5-12(13)18-14/h5-6,9,14,18H,7-8H2,1-4H3,(H,17,20)(H,19,21)/t14-/m1/s1. The van der Waals surface area contributed by atoms with Crippen LogP contribution in [0.15, 0.2) is 12.1 Å². The Morgan fingerprint density at radius 2 is 1.86 bits per heavy atom. The lowest BCUT2D eigenvalue weighted by Crippen LogP contribution is -2.43. The van der Waals surface area contributed by atoms with Crippen molar-refractivity contribution in [2.24, 2.45) is 5.92 Å². The van der Waals surface area contributed by atoms with Crippen molar-refractivity contribution in [3.63, 3.8) is 0 Å². The van der Waals surface area contributed by atoms with E-state index in [0.29, 0.717) is 12.5 Å². The SMILES string of the molecule is Cc1cc2c(cc1C)N[C@H](CC(=O)NCC(C)C)C(=O)N2. The highest BCUT2D eigenvalue weighted by Gasteiger charge is 2.27. The van der Waals surface area contributed by atoms with Gasteiger partial charge in [-0.1, -0.05) is 13.8 Å². The van der Waals surface area contributed by atoms with Gasteiger partial charge in [-0.05, 0) is 43.0 Å². The zero-order chi connectivity index (χ0) is 15.6. The second-order valence-electron chi connectivity index (χ2n) is 6.07. The second kappa shape index (κ2) is 6.16. The molecule has 0 saturated heterocycles. The van der Waals surface area contributed by atoms with Crippen LogP contribution in [0.25, 0.3) is 0 Å². The number of nitrogens with one attached hydrogen (secondary N) is 3. The summed E-state index contributed by atoms with van der Waals surface area (Å²) in [6.07, 6.45) is 0.144. The van der Waals surface area contributed by atoms with Crippen molar-refractivity contribution in [1.82, 2.24) is 5.32 Å². The number of fused-ring (bicyclic) bond motifs is 1. The third-order valence-electron chi connectivity index (χ3n) is 3.63. The molecule has 3 N–H and O–H groups in total. The van der Waals surface area contributed by atoms with Gasteiger partial charge in [-0.15, -0.1) is 0 Å². The summed E-state index contributed by atoms with van der Waals surface area (Å²) in [7, 11) is 0. The highest BCUT2D eigenvalue weighted by molar-refractivity contribution is 6.05. The summed E-state index contributed by atoms with van der Waals surface area (Å²) < 4.78 is 0. The van der Waals surface area contributed by atoms with Crippen LogP contribution in [0, 0.1) is 19.8 Å². The van der Waals surface area contributed by atoms with Gasteiger partial charge in [0.1, 0.15) is 6.04 Å². The number of hydrogen-bond donors (Lipinski definition) is 3. The van der Waals surface area contributed by atoms with E-state index in [4.69, 9.17) is 0 Å². The molecule has 0 aliphatic carbocycles. The first-order valence-electron chi connectivity index (χ1n) is 7.32. The maximum absolute atomic E-state index is 12.1. The van der Waals surface area contributed by atoms with Gasteiger partial charge in [0, 0.05) is 6.54 Å². The van der Waals surface area contributed by atoms with Gasteiger partial charge in [-0.2, -0.15) is 0 Å². The highest BCUT2D eigenvalue weighted by atomic mass is 16.2. The zero-order valence-corrected chi connectivity index (χ0v) is 13.0. The monoisotopic (exact) mass is 289 g/mol. The van der Waals surface area contributed by atoms with Gasteiger partial charge < -0.3 is 16.0 Å². The molecular weight excluding hydrogens is 266 g/mol. The molecule has 0 aromatic heterocycles. The summed E-state index contributed by atoms with van der Waals surface area (Å²) in [5.41, 5.74) is 3.94. The summed E-state index contributed by atoms with van der Waals surface area (Å²) in [5, 5.41) is 8.86. The molecule has 0 unspecified atom stereocenters. The molecule has 5 heteroatoms. The van der Waals surface area contributed by atoms with Gasteiger partial charge in [-0.25, -0.2) is 0 Å². The maximum atomic E-state index is 12.1. The number of carbonyl (C=O) groups is 2. The summed E-state index contributed by atoms with van der Waals surface area (Å²) >= 11 is 0. The predicted octanol–water partition coefficient (Wildman–Crippen LogP) is 2.20. The fourth-order valence-corrected chi connectivity index (χ4v) is 2.23. The van der Waals surface area contributed by atoms with Gasteiger partial charge in [-0.3, -0.25) is 9.59 Å². The topological polar surface area (TPSA) is 70.2 Å². The first-order chi connectivity index (χ1) is 9.86. The van der Waals surface area contributed by atoms with Crippen LogP contribution < -0.4 is 16.0 Å². The Balaban J connectivity index is 2.05. The average molecular weight is 289 g/mol. The van der Waals surface area contributed by atoms with Crippen LogP contribution in [-0.4, -0.2) is 24.4 Å². The van der Waals surface area contributed by atoms with E-state index < -0.39 is 6.04 Å². The molecule has 114 valence electrons. The summed E-state index contributed by atoms with van der Waals surface area (Å²) in [6.45, 7) is 8.73. The largest absolute Gasteiger partial charge is 0.372 e. The number of amides is 2. The maximum Gasteiger partial charge on any atom is 0.247 e. The molecule has 0 saturated carbocycles. The van der Waals surface area contributed by atoms with Crippen LogP contribution in [-0.2, 0) is 9.59 Å². The van der Waals surface area contributed by atoms with Gasteiger partial charge in [0.15, 0.2) is 0 Å². The molecule has 1 aromatic rings. The Labute approximate surface area is 125 Å². The number of rotatable bonds is 4. The molecule has 1 atom stereocenters. The van der Waals surface area contributed by atoms with Crippen molar-refractivity contribution in [2.75, 3.05) is 17.2 Å². The molecule has 0 spiro atoms. The molecule has 2 rings (SSSR count). The lowest BCUT2D eigenvalue weighted by atomic mass is 10.0. The van der Waals surface area contributed by atoms with Crippen LogP contribution in [0.5, 0.6) is 0 Å². The minimum absolute atomic E-state index is 0.108. The average Bonchev–Trinajstić information content (AvgIpc) is 2.40. The molecule has 0 fully saturated rings. The van der Waals surface area contributed by atoms with E-state index in [1.807, 2.05) is 39.8 Å². The Morgan fingerprint density at radius 3 is 2.48 bits per heavy atom. The fraction of sp³-hybridized carbons (Fsp3) is 0.500. The van der Waals surface area contributed by atoms with E-state index in [-0.39, 0.29) is 18.2 Å². The summed E-state index contributed by atoms with van der Waals surface area (Å²) in [6, 6.07) is 3.43. The van der Waals surface area contributed by atoms with Gasteiger partial charge >= 0.3 is 0 Å². The first kappa shape index (κ1) is 15.4. The fourth-order valence-electron chi connectivity index (χ4n) is 2.23. The Kier molecular flexibility index (Phi) is 4.50. The lowest BCUT2D eigenvalue weighted by Gasteiger charge is -2.27. The highest BCUT2D eigenvalue weighted by Crippen LogP contribution is 2.30. The van der Waals surface area contributed by atoms with Crippen molar-refractivity contribution in [2.45, 2.75) is 40.2 Å². The molecular formula is C16H23N3O2. The van der Waals surface area contributed by atoms with Gasteiger partial charge in [0.2, 0.25) is 11.8 Å². The van der Waals surface area contributed by atoms with Crippen molar-refractivity contribution >= 4 is 23.2 Å². The third kappa shape index (κ3) is 3.74. The smallest absolute Gasteiger partial charge is 0.247 e. The van der Waals surface area contributed by atoms with E-state index in [1.54, 1.807) is 0 Å². The quantitative estimate of drug-likeness (QED) is 0.796. The normalized spacial score (nSPS) is 17.0. The number of aryl methyl sites for hydroxylation is 2. The number of carbonyl (C=O) groups excluding carboxylic acids is 2. The van der Waals surface area contributed by atoms with E-state index in [1.165, 1.54) is 0 Å². The predicted molar refractivity (Wildman–Crippen MR) is 84.4 cm³/mol. The van der Waals surface area contributed by atoms with Crippen molar-refractivity contribution < 1.29 is 9.59 Å². The minimum atomic E-state index is -0.522. The van der Waals surface area contributed by atoms with Crippen LogP contribution >= 0.6 is 0 Å².